The minimum atomic E-state index is -3.82. The van der Waals surface area contributed by atoms with E-state index >= 15 is 0 Å². The Morgan fingerprint density at radius 1 is 1.29 bits per heavy atom. The van der Waals surface area contributed by atoms with E-state index in [1.807, 2.05) is 6.92 Å². The Morgan fingerprint density at radius 2 is 1.96 bits per heavy atom. The molecule has 0 aliphatic heterocycles. The molecule has 2 aromatic heterocycles. The van der Waals surface area contributed by atoms with Crippen molar-refractivity contribution in [2.45, 2.75) is 18.2 Å². The van der Waals surface area contributed by atoms with E-state index in [2.05, 4.69) is 4.98 Å². The molecule has 0 saturated heterocycles. The lowest BCUT2D eigenvalue weighted by Crippen LogP contribution is -2.27. The number of hydrogen-bond acceptors (Lipinski definition) is 4. The van der Waals surface area contributed by atoms with Crippen LogP contribution in [0.1, 0.15) is 12.5 Å². The molecule has 0 bridgehead atoms. The van der Waals surface area contributed by atoms with Crippen LogP contribution in [0.3, 0.4) is 0 Å². The Morgan fingerprint density at radius 3 is 2.58 bits per heavy atom. The summed E-state index contributed by atoms with van der Waals surface area (Å²) in [6.45, 7) is 1.93. The molecule has 3 aromatic rings. The van der Waals surface area contributed by atoms with E-state index in [1.165, 1.54) is 34.8 Å². The van der Waals surface area contributed by atoms with E-state index in [0.717, 1.165) is 17.7 Å². The predicted molar refractivity (Wildman–Crippen MR) is 96.0 cm³/mol. The first-order valence-corrected chi connectivity index (χ1v) is 9.79. The number of benzene rings is 1. The quantitative estimate of drug-likeness (QED) is 0.666. The van der Waals surface area contributed by atoms with E-state index in [1.54, 1.807) is 12.3 Å². The molecule has 2 heterocycles. The van der Waals surface area contributed by atoms with Crippen molar-refractivity contribution in [3.63, 3.8) is 0 Å². The second-order valence-corrected chi connectivity index (χ2v) is 8.81. The highest BCUT2D eigenvalue weighted by Crippen LogP contribution is 2.38. The standard InChI is InChI=1S/C16H14ClFN2O2S2/c1-3-10-9-19-16-13(8-14(17)23-16)15(10)20(2)24(21,22)12-6-4-11(18)5-7-12/h4-9H,3H2,1-2H3. The van der Waals surface area contributed by atoms with Gasteiger partial charge in [0.15, 0.2) is 0 Å². The van der Waals surface area contributed by atoms with Gasteiger partial charge in [-0.2, -0.15) is 0 Å². The second kappa shape index (κ2) is 6.31. The summed E-state index contributed by atoms with van der Waals surface area (Å²) in [6, 6.07) is 6.49. The number of nitrogens with zero attached hydrogens (tertiary/aromatic N) is 2. The lowest BCUT2D eigenvalue weighted by atomic mass is 10.1. The van der Waals surface area contributed by atoms with E-state index in [9.17, 15) is 12.8 Å². The normalized spacial score (nSPS) is 11.8. The molecule has 24 heavy (non-hydrogen) atoms. The third-order valence-electron chi connectivity index (χ3n) is 3.75. The number of thiophene rings is 1. The highest BCUT2D eigenvalue weighted by atomic mass is 35.5. The van der Waals surface area contributed by atoms with Gasteiger partial charge in [-0.15, -0.1) is 11.3 Å². The van der Waals surface area contributed by atoms with Crippen molar-refractivity contribution in [3.8, 4) is 0 Å². The zero-order valence-electron chi connectivity index (χ0n) is 13.0. The van der Waals surface area contributed by atoms with Gasteiger partial charge in [0.25, 0.3) is 10.0 Å². The topological polar surface area (TPSA) is 50.3 Å². The number of sulfonamides is 1. The van der Waals surface area contributed by atoms with E-state index in [0.29, 0.717) is 26.7 Å². The summed E-state index contributed by atoms with van der Waals surface area (Å²) in [5.41, 5.74) is 1.35. The van der Waals surface area contributed by atoms with Crippen molar-refractivity contribution in [2.24, 2.45) is 0 Å². The fourth-order valence-electron chi connectivity index (χ4n) is 2.50. The number of anilines is 1. The smallest absolute Gasteiger partial charge is 0.264 e. The van der Waals surface area contributed by atoms with Crippen molar-refractivity contribution >= 4 is 48.9 Å². The molecule has 126 valence electrons. The van der Waals surface area contributed by atoms with Gasteiger partial charge in [-0.05, 0) is 42.3 Å². The van der Waals surface area contributed by atoms with Crippen LogP contribution in [0, 0.1) is 5.82 Å². The molecule has 0 atom stereocenters. The first-order chi connectivity index (χ1) is 11.3. The van der Waals surface area contributed by atoms with Crippen LogP contribution in [-0.4, -0.2) is 20.4 Å². The molecule has 0 fully saturated rings. The molecule has 0 aliphatic carbocycles. The van der Waals surface area contributed by atoms with Gasteiger partial charge in [0.05, 0.1) is 14.9 Å². The highest BCUT2D eigenvalue weighted by Gasteiger charge is 2.25. The molecule has 0 radical (unpaired) electrons. The van der Waals surface area contributed by atoms with Gasteiger partial charge in [0, 0.05) is 18.6 Å². The van der Waals surface area contributed by atoms with Crippen LogP contribution >= 0.6 is 22.9 Å². The third-order valence-corrected chi connectivity index (χ3v) is 6.69. The predicted octanol–water partition coefficient (Wildman–Crippen LogP) is 4.48. The summed E-state index contributed by atoms with van der Waals surface area (Å²) in [5, 5.41) is 0.692. The van der Waals surface area contributed by atoms with Crippen molar-refractivity contribution in [3.05, 3.63) is 52.2 Å². The van der Waals surface area contributed by atoms with Crippen LogP contribution in [-0.2, 0) is 16.4 Å². The number of aromatic nitrogens is 1. The Hall–Kier alpha value is -1.70. The SMILES string of the molecule is CCc1cnc2sc(Cl)cc2c1N(C)S(=O)(=O)c1ccc(F)cc1. The number of aryl methyl sites for hydroxylation is 1. The van der Waals surface area contributed by atoms with Gasteiger partial charge in [-0.3, -0.25) is 4.31 Å². The highest BCUT2D eigenvalue weighted by molar-refractivity contribution is 7.92. The fraction of sp³-hybridized carbons (Fsp3) is 0.188. The summed E-state index contributed by atoms with van der Waals surface area (Å²) in [5.74, 6) is -0.484. The summed E-state index contributed by atoms with van der Waals surface area (Å²) >= 11 is 7.37. The minimum absolute atomic E-state index is 0.0275. The molecule has 8 heteroatoms. The van der Waals surface area contributed by atoms with Gasteiger partial charge in [-0.1, -0.05) is 18.5 Å². The van der Waals surface area contributed by atoms with Crippen LogP contribution in [0.25, 0.3) is 10.2 Å². The maximum Gasteiger partial charge on any atom is 0.264 e. The maximum absolute atomic E-state index is 13.1. The van der Waals surface area contributed by atoms with Gasteiger partial charge >= 0.3 is 0 Å². The van der Waals surface area contributed by atoms with Crippen LogP contribution in [0.4, 0.5) is 10.1 Å². The summed E-state index contributed by atoms with van der Waals surface area (Å²) < 4.78 is 40.7. The van der Waals surface area contributed by atoms with Crippen LogP contribution in [0.5, 0.6) is 0 Å². The van der Waals surface area contributed by atoms with Gasteiger partial charge in [0.1, 0.15) is 10.6 Å². The van der Waals surface area contributed by atoms with Crippen LogP contribution in [0.2, 0.25) is 4.34 Å². The lowest BCUT2D eigenvalue weighted by Gasteiger charge is -2.23. The second-order valence-electron chi connectivity index (χ2n) is 5.18. The molecule has 0 aliphatic rings. The number of halogens is 2. The molecule has 1 aromatic carbocycles. The monoisotopic (exact) mass is 384 g/mol. The molecule has 4 nitrogen and oxygen atoms in total. The number of fused-ring (bicyclic) bond motifs is 1. The molecular weight excluding hydrogens is 371 g/mol. The van der Waals surface area contributed by atoms with Crippen molar-refractivity contribution in [2.75, 3.05) is 11.4 Å². The Kier molecular flexibility index (Phi) is 4.50. The first-order valence-electron chi connectivity index (χ1n) is 7.16. The molecule has 0 saturated carbocycles. The van der Waals surface area contributed by atoms with Crippen LogP contribution in [0.15, 0.2) is 41.4 Å². The Bertz CT molecular complexity index is 1000. The minimum Gasteiger partial charge on any atom is -0.268 e. The van der Waals surface area contributed by atoms with E-state index in [4.69, 9.17) is 11.6 Å². The average Bonchev–Trinajstić information content (AvgIpc) is 2.93. The summed E-state index contributed by atoms with van der Waals surface area (Å²) in [4.78, 5) is 5.05. The van der Waals surface area contributed by atoms with Crippen molar-refractivity contribution < 1.29 is 12.8 Å². The number of rotatable bonds is 4. The zero-order chi connectivity index (χ0) is 17.5. The van der Waals surface area contributed by atoms with Gasteiger partial charge in [0.2, 0.25) is 0 Å². The van der Waals surface area contributed by atoms with E-state index in [-0.39, 0.29) is 4.90 Å². The molecule has 0 N–H and O–H groups in total. The van der Waals surface area contributed by atoms with Gasteiger partial charge < -0.3 is 0 Å². The fourth-order valence-corrected chi connectivity index (χ4v) is 4.82. The maximum atomic E-state index is 13.1. The molecule has 0 amide bonds. The molecular formula is C16H14ClFN2O2S2. The molecule has 0 unspecified atom stereocenters. The van der Waals surface area contributed by atoms with Gasteiger partial charge in [-0.25, -0.2) is 17.8 Å². The van der Waals surface area contributed by atoms with Crippen molar-refractivity contribution in [1.82, 2.24) is 4.98 Å². The summed E-state index contributed by atoms with van der Waals surface area (Å²) in [7, 11) is -2.34. The van der Waals surface area contributed by atoms with Crippen molar-refractivity contribution in [1.29, 1.82) is 0 Å². The lowest BCUT2D eigenvalue weighted by molar-refractivity contribution is 0.593. The molecule has 3 rings (SSSR count). The summed E-state index contributed by atoms with van der Waals surface area (Å²) in [6.07, 6.45) is 2.29. The Balaban J connectivity index is 2.20. The third kappa shape index (κ3) is 2.87. The number of hydrogen-bond donors (Lipinski definition) is 0. The number of pyridine rings is 1. The first kappa shape index (κ1) is 17.1. The average molecular weight is 385 g/mol. The van der Waals surface area contributed by atoms with Crippen LogP contribution < -0.4 is 4.31 Å². The Labute approximate surface area is 148 Å². The largest absolute Gasteiger partial charge is 0.268 e. The zero-order valence-corrected chi connectivity index (χ0v) is 15.3. The van der Waals surface area contributed by atoms with E-state index < -0.39 is 15.8 Å². The molecule has 0 spiro atoms.